The van der Waals surface area contributed by atoms with Gasteiger partial charge in [-0.1, -0.05) is 18.2 Å². The maximum atomic E-state index is 13.9. The normalized spacial score (nSPS) is 16.8. The summed E-state index contributed by atoms with van der Waals surface area (Å²) in [6, 6.07) is 11.6. The number of anilines is 2. The maximum absolute atomic E-state index is 13.9. The second kappa shape index (κ2) is 18.2. The van der Waals surface area contributed by atoms with Gasteiger partial charge in [0.05, 0.1) is 86.3 Å². The third-order valence-electron chi connectivity index (χ3n) is 9.74. The molecule has 1 saturated heterocycles. The molecule has 3 aliphatic heterocycles. The Balaban J connectivity index is 0.972. The fourth-order valence-corrected chi connectivity index (χ4v) is 8.00. The van der Waals surface area contributed by atoms with E-state index in [0.29, 0.717) is 22.7 Å². The number of carbonyl (C=O) groups excluding carboxylic acids is 7. The highest BCUT2D eigenvalue weighted by molar-refractivity contribution is 7.90. The summed E-state index contributed by atoms with van der Waals surface area (Å²) in [6.45, 7) is 2.84. The van der Waals surface area contributed by atoms with Crippen molar-refractivity contribution in [2.75, 3.05) is 69.3 Å². The lowest BCUT2D eigenvalue weighted by Crippen LogP contribution is -2.54. The Hall–Kier alpha value is -6.18. The molecule has 6 rings (SSSR count). The minimum Gasteiger partial charge on any atom is -0.493 e. The predicted molar refractivity (Wildman–Crippen MR) is 210 cm³/mol. The molecule has 0 radical (unpaired) electrons. The number of ether oxygens (including phenoxy) is 4. The van der Waals surface area contributed by atoms with Crippen LogP contribution in [0.15, 0.2) is 54.6 Å². The first-order valence-electron chi connectivity index (χ1n) is 18.8. The van der Waals surface area contributed by atoms with Crippen molar-refractivity contribution in [3.63, 3.8) is 0 Å². The van der Waals surface area contributed by atoms with Crippen LogP contribution in [0.2, 0.25) is 0 Å². The molecule has 312 valence electrons. The van der Waals surface area contributed by atoms with E-state index in [1.165, 1.54) is 37.4 Å². The molecular weight excluding hydrogens is 791 g/mol. The molecule has 3 aliphatic rings. The van der Waals surface area contributed by atoms with Gasteiger partial charge in [0, 0.05) is 24.9 Å². The van der Waals surface area contributed by atoms with Crippen molar-refractivity contribution in [1.29, 1.82) is 0 Å². The van der Waals surface area contributed by atoms with Gasteiger partial charge in [0.25, 0.3) is 23.6 Å². The average molecular weight is 834 g/mol. The van der Waals surface area contributed by atoms with Crippen molar-refractivity contribution in [2.45, 2.75) is 38.3 Å². The molecule has 18 nitrogen and oxygen atoms in total. The molecule has 0 saturated carbocycles. The number of amides is 7. The number of hydrogen-bond acceptors (Lipinski definition) is 14. The fraction of sp³-hybridized carbons (Fsp3) is 0.375. The van der Waals surface area contributed by atoms with Gasteiger partial charge < -0.3 is 29.6 Å². The van der Waals surface area contributed by atoms with E-state index in [1.54, 1.807) is 31.2 Å². The van der Waals surface area contributed by atoms with E-state index in [0.717, 1.165) is 16.1 Å². The number of methoxy groups -OCH3 is 1. The molecule has 2 unspecified atom stereocenters. The van der Waals surface area contributed by atoms with E-state index >= 15 is 0 Å². The van der Waals surface area contributed by atoms with Gasteiger partial charge in [0.1, 0.15) is 15.9 Å². The number of rotatable bonds is 19. The SMILES string of the molecule is CCOc1cc(C(CS(C)(=O)=O)N2C(=O)c3cccc(NC(=O)CCOCCOCCNc4cccc5c4C(=O)N(C4CCC(=O)NC4=O)C5=O)c3C2=O)ccc1OC. The minimum atomic E-state index is -3.71. The Labute approximate surface area is 339 Å². The first-order chi connectivity index (χ1) is 28.2. The Kier molecular flexibility index (Phi) is 13.1. The molecule has 1 fully saturated rings. The number of benzene rings is 3. The molecule has 59 heavy (non-hydrogen) atoms. The van der Waals surface area contributed by atoms with E-state index in [1.807, 2.05) is 0 Å². The van der Waals surface area contributed by atoms with E-state index in [9.17, 15) is 42.0 Å². The minimum absolute atomic E-state index is 0.00745. The second-order valence-electron chi connectivity index (χ2n) is 13.8. The van der Waals surface area contributed by atoms with E-state index in [2.05, 4.69) is 16.0 Å². The van der Waals surface area contributed by atoms with Gasteiger partial charge in [-0.15, -0.1) is 0 Å². The molecule has 7 amide bonds. The van der Waals surface area contributed by atoms with Crippen molar-refractivity contribution in [2.24, 2.45) is 0 Å². The monoisotopic (exact) mass is 833 g/mol. The van der Waals surface area contributed by atoms with Crippen molar-refractivity contribution in [1.82, 2.24) is 15.1 Å². The zero-order valence-electron chi connectivity index (χ0n) is 32.5. The first kappa shape index (κ1) is 42.4. The molecule has 3 heterocycles. The molecule has 19 heteroatoms. The van der Waals surface area contributed by atoms with Crippen LogP contribution in [0.25, 0.3) is 0 Å². The predicted octanol–water partition coefficient (Wildman–Crippen LogP) is 2.35. The van der Waals surface area contributed by atoms with Gasteiger partial charge in [0.15, 0.2) is 11.5 Å². The molecule has 0 aliphatic carbocycles. The van der Waals surface area contributed by atoms with Gasteiger partial charge in [-0.3, -0.25) is 48.7 Å². The Morgan fingerprint density at radius 3 is 2.20 bits per heavy atom. The summed E-state index contributed by atoms with van der Waals surface area (Å²) in [5.74, 6) is -4.20. The summed E-state index contributed by atoms with van der Waals surface area (Å²) in [7, 11) is -2.26. The smallest absolute Gasteiger partial charge is 0.264 e. The van der Waals surface area contributed by atoms with Gasteiger partial charge in [0.2, 0.25) is 17.7 Å². The van der Waals surface area contributed by atoms with Crippen LogP contribution in [0.1, 0.15) is 79.2 Å². The molecule has 3 N–H and O–H groups in total. The third-order valence-corrected chi connectivity index (χ3v) is 10.7. The first-order valence-corrected chi connectivity index (χ1v) is 20.8. The Morgan fingerprint density at radius 2 is 1.53 bits per heavy atom. The quantitative estimate of drug-likeness (QED) is 0.116. The number of sulfone groups is 1. The number of carbonyl (C=O) groups is 7. The van der Waals surface area contributed by atoms with Gasteiger partial charge in [-0.25, -0.2) is 8.42 Å². The molecular formula is C40H43N5O13S. The van der Waals surface area contributed by atoms with Gasteiger partial charge >= 0.3 is 0 Å². The van der Waals surface area contributed by atoms with Crippen LogP contribution in [0.4, 0.5) is 11.4 Å². The molecule has 3 aromatic carbocycles. The third kappa shape index (κ3) is 9.27. The highest BCUT2D eigenvalue weighted by Gasteiger charge is 2.46. The summed E-state index contributed by atoms with van der Waals surface area (Å²) < 4.78 is 47.3. The topological polar surface area (TPSA) is 233 Å². The Morgan fingerprint density at radius 1 is 0.847 bits per heavy atom. The molecule has 0 bridgehead atoms. The maximum Gasteiger partial charge on any atom is 0.264 e. The summed E-state index contributed by atoms with van der Waals surface area (Å²) in [5, 5.41) is 7.92. The number of fused-ring (bicyclic) bond motifs is 2. The van der Waals surface area contributed by atoms with E-state index < -0.39 is 69.0 Å². The lowest BCUT2D eigenvalue weighted by atomic mass is 10.0. The van der Waals surface area contributed by atoms with Crippen LogP contribution in [0, 0.1) is 0 Å². The highest BCUT2D eigenvalue weighted by Crippen LogP contribution is 2.39. The number of hydrogen-bond donors (Lipinski definition) is 3. The van der Waals surface area contributed by atoms with Crippen LogP contribution in [-0.4, -0.2) is 124 Å². The van der Waals surface area contributed by atoms with Gasteiger partial charge in [-0.05, 0) is 55.3 Å². The van der Waals surface area contributed by atoms with Gasteiger partial charge in [-0.2, -0.15) is 0 Å². The summed E-state index contributed by atoms with van der Waals surface area (Å²) in [5.41, 5.74) is 1.07. The van der Waals surface area contributed by atoms with Crippen molar-refractivity contribution >= 4 is 62.6 Å². The summed E-state index contributed by atoms with van der Waals surface area (Å²) in [6.07, 6.45) is 0.985. The van der Waals surface area contributed by atoms with Crippen LogP contribution in [0.3, 0.4) is 0 Å². The fourth-order valence-electron chi connectivity index (χ4n) is 7.09. The van der Waals surface area contributed by atoms with Crippen molar-refractivity contribution < 1.29 is 60.9 Å². The number of nitrogens with one attached hydrogen (secondary N) is 3. The number of nitrogens with zero attached hydrogens (tertiary/aromatic N) is 2. The van der Waals surface area contributed by atoms with E-state index in [-0.39, 0.29) is 86.8 Å². The molecule has 0 spiro atoms. The lowest BCUT2D eigenvalue weighted by Gasteiger charge is -2.27. The van der Waals surface area contributed by atoms with Crippen LogP contribution in [-0.2, 0) is 33.7 Å². The second-order valence-corrected chi connectivity index (χ2v) is 16.0. The standard InChI is InChI=1S/C40H43N5O13S/c1-4-58-31-21-23(11-13-30(31)55-2)29(22-59(3,53)54)45-38(50)25-8-6-10-27(35(25)40(45)52)42-33(47)15-17-56-19-20-57-18-16-41-26-9-5-7-24-34(26)39(51)44(37(24)49)28-12-14-32(46)43-36(28)48/h5-11,13,21,28-29,41H,4,12,14-20,22H2,1-3H3,(H,42,47)(H,43,46,48). The van der Waals surface area contributed by atoms with Crippen molar-refractivity contribution in [3.8, 4) is 11.5 Å². The molecule has 0 aromatic heterocycles. The van der Waals surface area contributed by atoms with Crippen LogP contribution in [0.5, 0.6) is 11.5 Å². The molecule has 3 aromatic rings. The molecule has 2 atom stereocenters. The van der Waals surface area contributed by atoms with E-state index in [4.69, 9.17) is 18.9 Å². The zero-order valence-corrected chi connectivity index (χ0v) is 33.3. The summed E-state index contributed by atoms with van der Waals surface area (Å²) in [4.78, 5) is 92.6. The highest BCUT2D eigenvalue weighted by atomic mass is 32.2. The zero-order chi connectivity index (χ0) is 42.4. The summed E-state index contributed by atoms with van der Waals surface area (Å²) >= 11 is 0. The lowest BCUT2D eigenvalue weighted by molar-refractivity contribution is -0.136. The largest absolute Gasteiger partial charge is 0.493 e. The average Bonchev–Trinajstić information content (AvgIpc) is 3.60. The number of piperidine rings is 1. The van der Waals surface area contributed by atoms with Crippen LogP contribution >= 0.6 is 0 Å². The van der Waals surface area contributed by atoms with Crippen molar-refractivity contribution in [3.05, 3.63) is 82.4 Å². The van der Waals surface area contributed by atoms with Crippen LogP contribution < -0.4 is 25.4 Å². The number of imide groups is 3. The Bertz CT molecular complexity index is 2310.